The van der Waals surface area contributed by atoms with Crippen LogP contribution in [0.15, 0.2) is 16.8 Å². The van der Waals surface area contributed by atoms with Gasteiger partial charge in [0.05, 0.1) is 17.0 Å². The quantitative estimate of drug-likeness (QED) is 0.639. The average molecular weight is 260 g/mol. The molecule has 0 amide bonds. The van der Waals surface area contributed by atoms with E-state index in [9.17, 15) is 10.1 Å². The van der Waals surface area contributed by atoms with Gasteiger partial charge < -0.3 is 9.84 Å². The average Bonchev–Trinajstić information content (AvgIpc) is 2.82. The lowest BCUT2D eigenvalue weighted by molar-refractivity contribution is -0.384. The first-order valence-electron chi connectivity index (χ1n) is 5.17. The molecule has 0 saturated heterocycles. The zero-order chi connectivity index (χ0) is 13.8. The summed E-state index contributed by atoms with van der Waals surface area (Å²) in [5, 5.41) is 25.9. The maximum atomic E-state index is 10.9. The van der Waals surface area contributed by atoms with Gasteiger partial charge in [-0.2, -0.15) is 10.2 Å². The molecule has 0 spiro atoms. The van der Waals surface area contributed by atoms with Crippen LogP contribution in [0.3, 0.4) is 0 Å². The Morgan fingerprint density at radius 2 is 2.42 bits per heavy atom. The van der Waals surface area contributed by atoms with Crippen LogP contribution in [0.1, 0.15) is 17.3 Å². The summed E-state index contributed by atoms with van der Waals surface area (Å²) >= 11 is 0. The predicted molar refractivity (Wildman–Crippen MR) is 62.0 cm³/mol. The highest BCUT2D eigenvalue weighted by Crippen LogP contribution is 2.22. The van der Waals surface area contributed by atoms with E-state index in [1.807, 2.05) is 0 Å². The lowest BCUT2D eigenvalue weighted by atomic mass is 10.3. The maximum absolute atomic E-state index is 10.9. The fourth-order valence-corrected chi connectivity index (χ4v) is 1.36. The minimum Gasteiger partial charge on any atom is -0.355 e. The molecule has 0 radical (unpaired) electrons. The van der Waals surface area contributed by atoms with Crippen molar-refractivity contribution in [2.45, 2.75) is 13.5 Å². The van der Waals surface area contributed by atoms with Crippen LogP contribution >= 0.6 is 0 Å². The van der Waals surface area contributed by atoms with Gasteiger partial charge in [0.2, 0.25) is 11.7 Å². The monoisotopic (exact) mass is 260 g/mol. The molecule has 0 atom stereocenters. The van der Waals surface area contributed by atoms with Crippen LogP contribution in [-0.2, 0) is 6.54 Å². The molecule has 0 aromatic carbocycles. The van der Waals surface area contributed by atoms with E-state index in [0.29, 0.717) is 5.82 Å². The normalized spacial score (nSPS) is 9.89. The third-order valence-electron chi connectivity index (χ3n) is 2.17. The van der Waals surface area contributed by atoms with E-state index in [2.05, 4.69) is 20.4 Å². The largest absolute Gasteiger partial charge is 0.355 e. The molecule has 2 heterocycles. The molecule has 0 aliphatic rings. The van der Waals surface area contributed by atoms with Crippen LogP contribution < -0.4 is 5.32 Å². The first kappa shape index (κ1) is 12.4. The number of nitro groups is 1. The van der Waals surface area contributed by atoms with Crippen LogP contribution in [0.25, 0.3) is 0 Å². The first-order valence-corrected chi connectivity index (χ1v) is 5.17. The Morgan fingerprint density at radius 1 is 1.63 bits per heavy atom. The molecule has 9 heteroatoms. The lowest BCUT2D eigenvalue weighted by Crippen LogP contribution is -2.05. The van der Waals surface area contributed by atoms with Crippen molar-refractivity contribution >= 4 is 11.5 Å². The summed E-state index contributed by atoms with van der Waals surface area (Å²) in [6.07, 6.45) is 1.24. The zero-order valence-corrected chi connectivity index (χ0v) is 9.82. The molecule has 19 heavy (non-hydrogen) atoms. The molecule has 2 aromatic rings. The molecule has 0 unspecified atom stereocenters. The van der Waals surface area contributed by atoms with E-state index in [4.69, 9.17) is 9.78 Å². The second-order valence-electron chi connectivity index (χ2n) is 3.55. The number of rotatable bonds is 4. The fourth-order valence-electron chi connectivity index (χ4n) is 1.36. The zero-order valence-electron chi connectivity index (χ0n) is 9.82. The lowest BCUT2D eigenvalue weighted by Gasteiger charge is -2.03. The summed E-state index contributed by atoms with van der Waals surface area (Å²) in [6.45, 7) is 1.77. The molecule has 9 nitrogen and oxygen atoms in total. The number of hydrogen-bond acceptors (Lipinski definition) is 8. The number of nitriles is 1. The second kappa shape index (κ2) is 5.09. The molecule has 96 valence electrons. The van der Waals surface area contributed by atoms with Crippen molar-refractivity contribution in [2.75, 3.05) is 5.32 Å². The number of aromatic nitrogens is 3. The van der Waals surface area contributed by atoms with Gasteiger partial charge in [-0.25, -0.2) is 4.98 Å². The van der Waals surface area contributed by atoms with E-state index < -0.39 is 4.92 Å². The highest BCUT2D eigenvalue weighted by atomic mass is 16.6. The SMILES string of the molecule is Cc1noc(CNc2ncc(C#N)cc2[N+](=O)[O-])n1. The van der Waals surface area contributed by atoms with E-state index in [0.717, 1.165) is 6.07 Å². The minimum atomic E-state index is -0.616. The molecule has 0 saturated carbocycles. The summed E-state index contributed by atoms with van der Waals surface area (Å²) in [5.41, 5.74) is -0.166. The van der Waals surface area contributed by atoms with E-state index in [1.54, 1.807) is 13.0 Å². The van der Waals surface area contributed by atoms with Crippen LogP contribution in [0.4, 0.5) is 11.5 Å². The number of anilines is 1. The van der Waals surface area contributed by atoms with Gasteiger partial charge in [-0.05, 0) is 6.92 Å². The third-order valence-corrected chi connectivity index (χ3v) is 2.17. The molecule has 0 fully saturated rings. The van der Waals surface area contributed by atoms with Crippen LogP contribution in [0.2, 0.25) is 0 Å². The van der Waals surface area contributed by atoms with E-state index >= 15 is 0 Å². The number of aryl methyl sites for hydroxylation is 1. The summed E-state index contributed by atoms with van der Waals surface area (Å²) in [7, 11) is 0. The molecule has 1 N–H and O–H groups in total. The fraction of sp³-hybridized carbons (Fsp3) is 0.200. The highest BCUT2D eigenvalue weighted by molar-refractivity contribution is 5.58. The summed E-state index contributed by atoms with van der Waals surface area (Å²) in [5.74, 6) is 0.803. The number of hydrogen-bond donors (Lipinski definition) is 1. The summed E-state index contributed by atoms with van der Waals surface area (Å²) in [6, 6.07) is 2.94. The van der Waals surface area contributed by atoms with Gasteiger partial charge in [-0.1, -0.05) is 5.16 Å². The van der Waals surface area contributed by atoms with Crippen molar-refractivity contribution in [1.29, 1.82) is 5.26 Å². The molecule has 0 bridgehead atoms. The molecule has 0 aliphatic carbocycles. The standard InChI is InChI=1S/C10H8N6O3/c1-6-14-9(19-15-6)5-13-10-8(16(17)18)2-7(3-11)4-12-10/h2,4H,5H2,1H3,(H,12,13). The molecule has 2 aromatic heterocycles. The Labute approximate surface area is 107 Å². The number of nitrogens with zero attached hydrogens (tertiary/aromatic N) is 5. The topological polar surface area (TPSA) is 131 Å². The van der Waals surface area contributed by atoms with Crippen LogP contribution in [-0.4, -0.2) is 20.0 Å². The van der Waals surface area contributed by atoms with Gasteiger partial charge in [0.25, 0.3) is 0 Å². The van der Waals surface area contributed by atoms with Gasteiger partial charge in [-0.15, -0.1) is 0 Å². The smallest absolute Gasteiger partial charge is 0.312 e. The van der Waals surface area contributed by atoms with Crippen molar-refractivity contribution in [3.8, 4) is 6.07 Å². The Morgan fingerprint density at radius 3 is 3.00 bits per heavy atom. The molecule has 2 rings (SSSR count). The van der Waals surface area contributed by atoms with Gasteiger partial charge in [0.15, 0.2) is 5.82 Å². The van der Waals surface area contributed by atoms with Gasteiger partial charge in [-0.3, -0.25) is 10.1 Å². The summed E-state index contributed by atoms with van der Waals surface area (Å²) < 4.78 is 4.86. The third kappa shape index (κ3) is 2.81. The van der Waals surface area contributed by atoms with Crippen molar-refractivity contribution in [1.82, 2.24) is 15.1 Å². The Balaban J connectivity index is 2.20. The Bertz CT molecular complexity index is 660. The highest BCUT2D eigenvalue weighted by Gasteiger charge is 2.17. The Kier molecular flexibility index (Phi) is 3.33. The summed E-state index contributed by atoms with van der Waals surface area (Å²) in [4.78, 5) is 18.0. The minimum absolute atomic E-state index is 0.0415. The second-order valence-corrected chi connectivity index (χ2v) is 3.55. The molecular weight excluding hydrogens is 252 g/mol. The number of nitrogens with one attached hydrogen (secondary N) is 1. The van der Waals surface area contributed by atoms with E-state index in [-0.39, 0.29) is 29.5 Å². The van der Waals surface area contributed by atoms with Crippen LogP contribution in [0.5, 0.6) is 0 Å². The van der Waals surface area contributed by atoms with Gasteiger partial charge in [0, 0.05) is 12.3 Å². The number of pyridine rings is 1. The first-order chi connectivity index (χ1) is 9.10. The molecule has 0 aliphatic heterocycles. The van der Waals surface area contributed by atoms with Gasteiger partial charge >= 0.3 is 5.69 Å². The van der Waals surface area contributed by atoms with E-state index in [1.165, 1.54) is 6.20 Å². The van der Waals surface area contributed by atoms with Crippen molar-refractivity contribution in [3.05, 3.63) is 39.7 Å². The van der Waals surface area contributed by atoms with Crippen molar-refractivity contribution in [3.63, 3.8) is 0 Å². The molecular formula is C10H8N6O3. The maximum Gasteiger partial charge on any atom is 0.312 e. The van der Waals surface area contributed by atoms with Crippen molar-refractivity contribution < 1.29 is 9.45 Å². The Hall–Kier alpha value is -3.02. The van der Waals surface area contributed by atoms with Crippen LogP contribution in [0, 0.1) is 28.4 Å². The predicted octanol–water partition coefficient (Wildman–Crippen LogP) is 1.16. The van der Waals surface area contributed by atoms with Crippen molar-refractivity contribution in [2.24, 2.45) is 0 Å². The van der Waals surface area contributed by atoms with Gasteiger partial charge in [0.1, 0.15) is 6.07 Å².